The summed E-state index contributed by atoms with van der Waals surface area (Å²) in [5.41, 5.74) is 0.251. The Balaban J connectivity index is 2.44. The van der Waals surface area contributed by atoms with Crippen molar-refractivity contribution in [1.29, 1.82) is 0 Å². The molecule has 0 fully saturated rings. The van der Waals surface area contributed by atoms with E-state index in [-0.39, 0.29) is 11.5 Å². The summed E-state index contributed by atoms with van der Waals surface area (Å²) < 4.78 is 1.13. The third-order valence-corrected chi connectivity index (χ3v) is 2.60. The van der Waals surface area contributed by atoms with Crippen LogP contribution in [0.5, 0.6) is 0 Å². The van der Waals surface area contributed by atoms with Gasteiger partial charge >= 0.3 is 0 Å². The fourth-order valence-corrected chi connectivity index (χ4v) is 1.78. The molecule has 0 saturated heterocycles. The average molecular weight is 205 g/mol. The van der Waals surface area contributed by atoms with Crippen molar-refractivity contribution in [2.75, 3.05) is 0 Å². The number of rotatable bonds is 1. The van der Waals surface area contributed by atoms with Crippen LogP contribution in [0.15, 0.2) is 46.6 Å². The molecule has 0 aliphatic heterocycles. The first kappa shape index (κ1) is 8.90. The first-order valence-corrected chi connectivity index (χ1v) is 4.89. The van der Waals surface area contributed by atoms with Crippen LogP contribution >= 0.6 is 11.5 Å². The lowest BCUT2D eigenvalue weighted by molar-refractivity contribution is 0.0968. The van der Waals surface area contributed by atoms with Crippen molar-refractivity contribution in [1.82, 2.24) is 3.96 Å². The highest BCUT2D eigenvalue weighted by atomic mass is 32.1. The molecular formula is C10H7NO2S. The first-order chi connectivity index (χ1) is 6.79. The monoisotopic (exact) mass is 205 g/mol. The molecule has 1 aromatic carbocycles. The highest BCUT2D eigenvalue weighted by Crippen LogP contribution is 2.03. The van der Waals surface area contributed by atoms with E-state index in [1.165, 1.54) is 6.07 Å². The summed E-state index contributed by atoms with van der Waals surface area (Å²) >= 11 is 1.11. The van der Waals surface area contributed by atoms with Gasteiger partial charge in [-0.1, -0.05) is 29.7 Å². The van der Waals surface area contributed by atoms with Gasteiger partial charge in [-0.2, -0.15) is 3.96 Å². The van der Waals surface area contributed by atoms with E-state index in [2.05, 4.69) is 0 Å². The van der Waals surface area contributed by atoms with Gasteiger partial charge in [0.05, 0.1) is 0 Å². The predicted molar refractivity (Wildman–Crippen MR) is 54.7 cm³/mol. The molecule has 0 bridgehead atoms. The van der Waals surface area contributed by atoms with Crippen molar-refractivity contribution >= 4 is 17.4 Å². The van der Waals surface area contributed by atoms with E-state index in [0.717, 1.165) is 15.5 Å². The van der Waals surface area contributed by atoms with Crippen LogP contribution < -0.4 is 5.56 Å². The van der Waals surface area contributed by atoms with Crippen LogP contribution in [0.1, 0.15) is 10.4 Å². The molecule has 0 aliphatic rings. The lowest BCUT2D eigenvalue weighted by Gasteiger charge is -1.97. The SMILES string of the molecule is O=C(c1ccccc1)n1sccc1=O. The summed E-state index contributed by atoms with van der Waals surface area (Å²) in [6.07, 6.45) is 0. The molecule has 70 valence electrons. The van der Waals surface area contributed by atoms with Gasteiger partial charge in [0.25, 0.3) is 11.5 Å². The summed E-state index contributed by atoms with van der Waals surface area (Å²) in [5, 5.41) is 1.60. The zero-order valence-corrected chi connectivity index (χ0v) is 8.03. The van der Waals surface area contributed by atoms with Crippen LogP contribution in [0.2, 0.25) is 0 Å². The zero-order valence-electron chi connectivity index (χ0n) is 7.21. The van der Waals surface area contributed by atoms with Gasteiger partial charge in [0.2, 0.25) is 0 Å². The van der Waals surface area contributed by atoms with E-state index in [1.54, 1.807) is 29.6 Å². The van der Waals surface area contributed by atoms with Crippen molar-refractivity contribution in [2.45, 2.75) is 0 Å². The maximum absolute atomic E-state index is 11.7. The normalized spacial score (nSPS) is 10.0. The van der Waals surface area contributed by atoms with E-state index < -0.39 is 0 Å². The van der Waals surface area contributed by atoms with Crippen LogP contribution in [-0.2, 0) is 0 Å². The highest BCUT2D eigenvalue weighted by Gasteiger charge is 2.09. The Hall–Kier alpha value is -1.68. The van der Waals surface area contributed by atoms with E-state index in [9.17, 15) is 9.59 Å². The minimum atomic E-state index is -0.274. The van der Waals surface area contributed by atoms with E-state index >= 15 is 0 Å². The molecule has 0 aliphatic carbocycles. The summed E-state index contributed by atoms with van der Waals surface area (Å²) in [4.78, 5) is 22.9. The number of aromatic nitrogens is 1. The van der Waals surface area contributed by atoms with Crippen LogP contribution in [0, 0.1) is 0 Å². The number of nitrogens with zero attached hydrogens (tertiary/aromatic N) is 1. The molecule has 0 radical (unpaired) electrons. The van der Waals surface area contributed by atoms with Crippen LogP contribution in [0.25, 0.3) is 0 Å². The number of carbonyl (C=O) groups is 1. The van der Waals surface area contributed by atoms with Gasteiger partial charge in [0, 0.05) is 17.0 Å². The Morgan fingerprint density at radius 3 is 2.43 bits per heavy atom. The van der Waals surface area contributed by atoms with Gasteiger partial charge in [0.15, 0.2) is 0 Å². The number of hydrogen-bond donors (Lipinski definition) is 0. The topological polar surface area (TPSA) is 39.1 Å². The second-order valence-corrected chi connectivity index (χ2v) is 3.56. The van der Waals surface area contributed by atoms with Gasteiger partial charge in [-0.05, 0) is 12.1 Å². The molecule has 1 aromatic heterocycles. The number of hydrogen-bond acceptors (Lipinski definition) is 3. The highest BCUT2D eigenvalue weighted by molar-refractivity contribution is 7.05. The fourth-order valence-electron chi connectivity index (χ4n) is 1.12. The minimum absolute atomic E-state index is 0.273. The summed E-state index contributed by atoms with van der Waals surface area (Å²) in [7, 11) is 0. The molecule has 0 saturated carbocycles. The quantitative estimate of drug-likeness (QED) is 0.709. The maximum atomic E-state index is 11.7. The molecule has 0 atom stereocenters. The van der Waals surface area contributed by atoms with Crippen molar-refractivity contribution in [3.63, 3.8) is 0 Å². The third kappa shape index (κ3) is 1.52. The molecular weight excluding hydrogens is 198 g/mol. The Bertz CT molecular complexity index is 498. The second-order valence-electron chi connectivity index (χ2n) is 2.71. The van der Waals surface area contributed by atoms with Crippen molar-refractivity contribution < 1.29 is 4.79 Å². The smallest absolute Gasteiger partial charge is 0.268 e. The van der Waals surface area contributed by atoms with Crippen LogP contribution in [-0.4, -0.2) is 9.86 Å². The molecule has 14 heavy (non-hydrogen) atoms. The molecule has 1 heterocycles. The molecule has 0 spiro atoms. The summed E-state index contributed by atoms with van der Waals surface area (Å²) in [6.45, 7) is 0. The molecule has 3 nitrogen and oxygen atoms in total. The van der Waals surface area contributed by atoms with Gasteiger partial charge < -0.3 is 0 Å². The molecule has 0 unspecified atom stereocenters. The average Bonchev–Trinajstić information content (AvgIpc) is 2.65. The molecule has 0 amide bonds. The van der Waals surface area contributed by atoms with E-state index in [0.29, 0.717) is 5.56 Å². The maximum Gasteiger partial charge on any atom is 0.274 e. The fraction of sp³-hybridized carbons (Fsp3) is 0. The van der Waals surface area contributed by atoms with Gasteiger partial charge in [-0.25, -0.2) is 0 Å². The lowest BCUT2D eigenvalue weighted by Crippen LogP contribution is -2.20. The van der Waals surface area contributed by atoms with E-state index in [4.69, 9.17) is 0 Å². The molecule has 4 heteroatoms. The Kier molecular flexibility index (Phi) is 2.28. The standard InChI is InChI=1S/C10H7NO2S/c12-9-6-7-14-11(9)10(13)8-4-2-1-3-5-8/h1-7H. The lowest BCUT2D eigenvalue weighted by atomic mass is 10.2. The minimum Gasteiger partial charge on any atom is -0.268 e. The summed E-state index contributed by atoms with van der Waals surface area (Å²) in [5.74, 6) is -0.273. The van der Waals surface area contributed by atoms with Crippen LogP contribution in [0.4, 0.5) is 0 Å². The predicted octanol–water partition coefficient (Wildman–Crippen LogP) is 1.60. The van der Waals surface area contributed by atoms with Crippen molar-refractivity contribution in [3.05, 3.63) is 57.7 Å². The number of carbonyl (C=O) groups excluding carboxylic acids is 1. The summed E-state index contributed by atoms with van der Waals surface area (Å²) in [6, 6.07) is 10.1. The second kappa shape index (κ2) is 3.59. The van der Waals surface area contributed by atoms with Gasteiger partial charge in [0.1, 0.15) is 0 Å². The Morgan fingerprint density at radius 2 is 1.86 bits per heavy atom. The third-order valence-electron chi connectivity index (χ3n) is 1.78. The number of benzene rings is 1. The Morgan fingerprint density at radius 1 is 1.14 bits per heavy atom. The molecule has 2 aromatic rings. The van der Waals surface area contributed by atoms with E-state index in [1.807, 2.05) is 6.07 Å². The Labute approximate surface area is 84.4 Å². The zero-order chi connectivity index (χ0) is 9.97. The van der Waals surface area contributed by atoms with Crippen LogP contribution in [0.3, 0.4) is 0 Å². The van der Waals surface area contributed by atoms with Gasteiger partial charge in [-0.3, -0.25) is 9.59 Å². The molecule has 2 rings (SSSR count). The van der Waals surface area contributed by atoms with Crippen molar-refractivity contribution in [2.24, 2.45) is 0 Å². The molecule has 0 N–H and O–H groups in total. The van der Waals surface area contributed by atoms with Gasteiger partial charge in [-0.15, -0.1) is 0 Å². The van der Waals surface area contributed by atoms with Crippen molar-refractivity contribution in [3.8, 4) is 0 Å². The largest absolute Gasteiger partial charge is 0.274 e. The first-order valence-electron chi connectivity index (χ1n) is 4.06.